The van der Waals surface area contributed by atoms with Crippen molar-refractivity contribution in [2.24, 2.45) is 0 Å². The minimum atomic E-state index is -0.814. The third kappa shape index (κ3) is 3.21. The summed E-state index contributed by atoms with van der Waals surface area (Å²) in [4.78, 5) is 27.0. The van der Waals surface area contributed by atoms with Gasteiger partial charge >= 0.3 is 0 Å². The molecule has 0 spiro atoms. The summed E-state index contributed by atoms with van der Waals surface area (Å²) >= 11 is 5.91. The molecule has 2 aromatic carbocycles. The number of aliphatic hydroxyl groups excluding tert-OH is 1. The molecular formula is C22H16ClNO4. The number of hydrogen-bond donors (Lipinski definition) is 1. The predicted molar refractivity (Wildman–Crippen MR) is 104 cm³/mol. The molecule has 1 aliphatic heterocycles. The van der Waals surface area contributed by atoms with Gasteiger partial charge < -0.3 is 14.4 Å². The standard InChI is InChI=1S/C22H16ClNO4/c23-16-10-8-15(9-11-16)20(25)18-19(17-7-4-12-28-17)24(22(27)21(18)26)13-14-5-2-1-3-6-14/h1-12,19,25H,13H2/b20-18+. The number of halogens is 1. The Labute approximate surface area is 166 Å². The minimum absolute atomic E-state index is 0.00166. The normalized spacial score (nSPS) is 18.6. The van der Waals surface area contributed by atoms with E-state index in [0.29, 0.717) is 16.3 Å². The molecule has 0 bridgehead atoms. The van der Waals surface area contributed by atoms with Crippen LogP contribution in [-0.2, 0) is 16.1 Å². The molecule has 28 heavy (non-hydrogen) atoms. The van der Waals surface area contributed by atoms with E-state index >= 15 is 0 Å². The second-order valence-corrected chi connectivity index (χ2v) is 6.87. The van der Waals surface area contributed by atoms with Crippen molar-refractivity contribution in [1.29, 1.82) is 0 Å². The van der Waals surface area contributed by atoms with Crippen molar-refractivity contribution in [2.75, 3.05) is 0 Å². The van der Waals surface area contributed by atoms with E-state index in [0.717, 1.165) is 5.56 Å². The molecule has 3 aromatic rings. The van der Waals surface area contributed by atoms with Gasteiger partial charge in [0.2, 0.25) is 0 Å². The molecule has 4 rings (SSSR count). The van der Waals surface area contributed by atoms with Gasteiger partial charge in [-0.2, -0.15) is 0 Å². The van der Waals surface area contributed by atoms with Crippen LogP contribution in [-0.4, -0.2) is 21.7 Å². The molecule has 0 radical (unpaired) electrons. The lowest BCUT2D eigenvalue weighted by atomic mass is 9.99. The minimum Gasteiger partial charge on any atom is -0.507 e. The smallest absolute Gasteiger partial charge is 0.296 e. The van der Waals surface area contributed by atoms with Gasteiger partial charge in [0, 0.05) is 17.1 Å². The van der Waals surface area contributed by atoms with Crippen LogP contribution >= 0.6 is 11.6 Å². The highest BCUT2D eigenvalue weighted by Gasteiger charge is 2.47. The van der Waals surface area contributed by atoms with Crippen LogP contribution in [0.3, 0.4) is 0 Å². The highest BCUT2D eigenvalue weighted by atomic mass is 35.5. The van der Waals surface area contributed by atoms with Crippen molar-refractivity contribution in [3.05, 3.63) is 100 Å². The van der Waals surface area contributed by atoms with Gasteiger partial charge in [-0.3, -0.25) is 9.59 Å². The van der Waals surface area contributed by atoms with Crippen LogP contribution in [0.25, 0.3) is 5.76 Å². The topological polar surface area (TPSA) is 70.8 Å². The first kappa shape index (κ1) is 18.1. The highest BCUT2D eigenvalue weighted by molar-refractivity contribution is 6.46. The number of likely N-dealkylation sites (tertiary alicyclic amines) is 1. The van der Waals surface area contributed by atoms with E-state index in [1.165, 1.54) is 11.2 Å². The lowest BCUT2D eigenvalue weighted by Crippen LogP contribution is -2.29. The van der Waals surface area contributed by atoms with Gasteiger partial charge in [-0.25, -0.2) is 0 Å². The molecule has 1 N–H and O–H groups in total. The van der Waals surface area contributed by atoms with Gasteiger partial charge in [0.1, 0.15) is 17.6 Å². The molecule has 1 amide bonds. The van der Waals surface area contributed by atoms with E-state index in [2.05, 4.69) is 0 Å². The van der Waals surface area contributed by atoms with Gasteiger partial charge in [-0.15, -0.1) is 0 Å². The van der Waals surface area contributed by atoms with Crippen LogP contribution in [0.1, 0.15) is 22.9 Å². The first-order valence-corrected chi connectivity index (χ1v) is 9.05. The van der Waals surface area contributed by atoms with E-state index in [1.807, 2.05) is 30.3 Å². The summed E-state index contributed by atoms with van der Waals surface area (Å²) in [5, 5.41) is 11.4. The average Bonchev–Trinajstić information content (AvgIpc) is 3.32. The molecule has 5 nitrogen and oxygen atoms in total. The van der Waals surface area contributed by atoms with Crippen LogP contribution in [0.5, 0.6) is 0 Å². The second kappa shape index (κ2) is 7.37. The zero-order valence-electron chi connectivity index (χ0n) is 14.7. The number of amides is 1. The Morgan fingerprint density at radius 1 is 1.00 bits per heavy atom. The number of benzene rings is 2. The van der Waals surface area contributed by atoms with Crippen molar-refractivity contribution >= 4 is 29.1 Å². The zero-order chi connectivity index (χ0) is 19.7. The van der Waals surface area contributed by atoms with E-state index in [4.69, 9.17) is 16.0 Å². The summed E-state index contributed by atoms with van der Waals surface area (Å²) in [7, 11) is 0. The van der Waals surface area contributed by atoms with Crippen molar-refractivity contribution in [3.63, 3.8) is 0 Å². The highest BCUT2D eigenvalue weighted by Crippen LogP contribution is 2.40. The average molecular weight is 394 g/mol. The fourth-order valence-corrected chi connectivity index (χ4v) is 3.46. The zero-order valence-corrected chi connectivity index (χ0v) is 15.5. The molecule has 1 saturated heterocycles. The van der Waals surface area contributed by atoms with Gasteiger partial charge in [-0.1, -0.05) is 41.9 Å². The molecule has 1 unspecified atom stereocenters. The van der Waals surface area contributed by atoms with Gasteiger partial charge in [0.15, 0.2) is 0 Å². The number of Topliss-reactive ketones (excluding diaryl/α,β-unsaturated/α-hetero) is 1. The Hall–Kier alpha value is -3.31. The fourth-order valence-electron chi connectivity index (χ4n) is 3.33. The molecule has 0 saturated carbocycles. The number of rotatable bonds is 4. The second-order valence-electron chi connectivity index (χ2n) is 6.43. The predicted octanol–water partition coefficient (Wildman–Crippen LogP) is 4.55. The molecule has 6 heteroatoms. The lowest BCUT2D eigenvalue weighted by molar-refractivity contribution is -0.140. The van der Waals surface area contributed by atoms with E-state index in [1.54, 1.807) is 36.4 Å². The first-order valence-electron chi connectivity index (χ1n) is 8.68. The fraction of sp³-hybridized carbons (Fsp3) is 0.0909. The molecule has 1 fully saturated rings. The number of aliphatic hydroxyl groups is 1. The van der Waals surface area contributed by atoms with Crippen LogP contribution < -0.4 is 0 Å². The molecule has 2 heterocycles. The summed E-state index contributed by atoms with van der Waals surface area (Å²) in [6.45, 7) is 0.216. The molecule has 0 aliphatic carbocycles. The lowest BCUT2D eigenvalue weighted by Gasteiger charge is -2.23. The molecule has 1 aromatic heterocycles. The first-order chi connectivity index (χ1) is 13.6. The third-order valence-electron chi connectivity index (χ3n) is 4.67. The number of carbonyl (C=O) groups is 2. The van der Waals surface area contributed by atoms with Gasteiger partial charge in [0.25, 0.3) is 11.7 Å². The van der Waals surface area contributed by atoms with Crippen molar-refractivity contribution in [3.8, 4) is 0 Å². The summed E-state index contributed by atoms with van der Waals surface area (Å²) in [6.07, 6.45) is 1.47. The quantitative estimate of drug-likeness (QED) is 0.401. The summed E-state index contributed by atoms with van der Waals surface area (Å²) < 4.78 is 5.50. The number of carbonyl (C=O) groups excluding carboxylic acids is 2. The maximum absolute atomic E-state index is 12.8. The van der Waals surface area contributed by atoms with Gasteiger partial charge in [0.05, 0.1) is 11.8 Å². The summed E-state index contributed by atoms with van der Waals surface area (Å²) in [5.41, 5.74) is 1.27. The van der Waals surface area contributed by atoms with Crippen LogP contribution in [0.15, 0.2) is 83.0 Å². The summed E-state index contributed by atoms with van der Waals surface area (Å²) in [5.74, 6) is -1.27. The molecule has 1 aliphatic rings. The van der Waals surface area contributed by atoms with E-state index < -0.39 is 17.7 Å². The molecule has 1 atom stereocenters. The van der Waals surface area contributed by atoms with Crippen molar-refractivity contribution in [1.82, 2.24) is 4.90 Å². The van der Waals surface area contributed by atoms with Crippen LogP contribution in [0.4, 0.5) is 0 Å². The SMILES string of the molecule is O=C1C(=O)N(Cc2ccccc2)C(c2ccco2)/C1=C(\O)c1ccc(Cl)cc1. The third-order valence-corrected chi connectivity index (χ3v) is 4.92. The monoisotopic (exact) mass is 393 g/mol. The van der Waals surface area contributed by atoms with Crippen molar-refractivity contribution < 1.29 is 19.1 Å². The number of nitrogens with zero attached hydrogens (tertiary/aromatic N) is 1. The molecule has 140 valence electrons. The Kier molecular flexibility index (Phi) is 4.75. The molecular weight excluding hydrogens is 378 g/mol. The maximum Gasteiger partial charge on any atom is 0.296 e. The Morgan fingerprint density at radius 2 is 1.71 bits per heavy atom. The van der Waals surface area contributed by atoms with Crippen molar-refractivity contribution in [2.45, 2.75) is 12.6 Å². The van der Waals surface area contributed by atoms with E-state index in [9.17, 15) is 14.7 Å². The number of furan rings is 1. The van der Waals surface area contributed by atoms with E-state index in [-0.39, 0.29) is 17.9 Å². The van der Waals surface area contributed by atoms with Crippen LogP contribution in [0, 0.1) is 0 Å². The number of ketones is 1. The van der Waals surface area contributed by atoms with Crippen LogP contribution in [0.2, 0.25) is 5.02 Å². The Morgan fingerprint density at radius 3 is 2.36 bits per heavy atom. The largest absolute Gasteiger partial charge is 0.507 e. The Bertz CT molecular complexity index is 1040. The number of hydrogen-bond acceptors (Lipinski definition) is 4. The van der Waals surface area contributed by atoms with Gasteiger partial charge in [-0.05, 0) is 42.0 Å². The maximum atomic E-state index is 12.8. The summed E-state index contributed by atoms with van der Waals surface area (Å²) in [6, 6.07) is 18.3. The Balaban J connectivity index is 1.83.